The van der Waals surface area contributed by atoms with Gasteiger partial charge in [0, 0.05) is 6.42 Å². The van der Waals surface area contributed by atoms with Crippen molar-refractivity contribution >= 4 is 13.7 Å². The van der Waals surface area contributed by atoms with Gasteiger partial charge in [0.1, 0.15) is 13.2 Å². The van der Waals surface area contributed by atoms with Crippen LogP contribution in [0, 0.1) is 0 Å². The number of likely N-dealkylation sites (N-methyl/N-ethyl adjacent to an activating group) is 1. The van der Waals surface area contributed by atoms with Gasteiger partial charge in [0.25, 0.3) is 0 Å². The summed E-state index contributed by atoms with van der Waals surface area (Å²) in [5.41, 5.74) is 0. The van der Waals surface area contributed by atoms with Crippen LogP contribution in [-0.4, -0.2) is 73.4 Å². The van der Waals surface area contributed by atoms with Crippen molar-refractivity contribution in [2.45, 2.75) is 431 Å². The molecule has 0 aliphatic rings. The van der Waals surface area contributed by atoms with Crippen LogP contribution in [0.1, 0.15) is 418 Å². The maximum atomic E-state index is 13.1. The second-order valence-corrected chi connectivity index (χ2v) is 29.9. The second-order valence-electron chi connectivity index (χ2n) is 28.4. The molecule has 0 bridgehead atoms. The number of aliphatic hydroxyl groups excluding tert-OH is 1. The smallest absolute Gasteiger partial charge is 0.387 e. The molecular weight excluding hydrogens is 1090 g/mol. The van der Waals surface area contributed by atoms with E-state index in [1.807, 2.05) is 27.2 Å². The summed E-state index contributed by atoms with van der Waals surface area (Å²) in [6, 6.07) is -0.846. The highest BCUT2D eigenvalue weighted by Crippen LogP contribution is 2.43. The van der Waals surface area contributed by atoms with E-state index >= 15 is 0 Å². The van der Waals surface area contributed by atoms with Crippen LogP contribution in [0.25, 0.3) is 0 Å². The van der Waals surface area contributed by atoms with Crippen LogP contribution in [0.2, 0.25) is 0 Å². The van der Waals surface area contributed by atoms with Gasteiger partial charge in [-0.15, -0.1) is 0 Å². The molecule has 0 saturated heterocycles. The number of quaternary nitrogens is 1. The van der Waals surface area contributed by atoms with Gasteiger partial charge < -0.3 is 19.8 Å². The van der Waals surface area contributed by atoms with E-state index < -0.39 is 20.0 Å². The molecule has 0 radical (unpaired) electrons. The number of carbonyl (C=O) groups is 1. The number of nitrogens with zero attached hydrogens (tertiary/aromatic N) is 1. The Hall–Kier alpha value is -1.02. The van der Waals surface area contributed by atoms with Crippen molar-refractivity contribution in [3.05, 3.63) is 24.3 Å². The number of phosphoric ester groups is 1. The lowest BCUT2D eigenvalue weighted by Crippen LogP contribution is -2.45. The number of aliphatic hydroxyl groups is 1. The molecular formula is C78H156N2O6P+. The van der Waals surface area contributed by atoms with E-state index in [9.17, 15) is 19.4 Å². The Balaban J connectivity index is 3.96. The van der Waals surface area contributed by atoms with E-state index in [0.717, 1.165) is 32.1 Å². The van der Waals surface area contributed by atoms with Gasteiger partial charge in [-0.1, -0.05) is 391 Å². The Morgan fingerprint density at radius 3 is 0.885 bits per heavy atom. The van der Waals surface area contributed by atoms with Crippen LogP contribution in [0.3, 0.4) is 0 Å². The fourth-order valence-electron chi connectivity index (χ4n) is 12.3. The predicted octanol–water partition coefficient (Wildman–Crippen LogP) is 25.4. The van der Waals surface area contributed by atoms with Gasteiger partial charge in [0.15, 0.2) is 0 Å². The zero-order valence-corrected chi connectivity index (χ0v) is 60.4. The maximum absolute atomic E-state index is 13.1. The Kier molecular flexibility index (Phi) is 68.5. The average Bonchev–Trinajstić information content (AvgIpc) is 3.71. The zero-order valence-electron chi connectivity index (χ0n) is 59.6. The largest absolute Gasteiger partial charge is 0.472 e. The van der Waals surface area contributed by atoms with Gasteiger partial charge in [0.2, 0.25) is 5.91 Å². The van der Waals surface area contributed by atoms with Gasteiger partial charge in [-0.05, 0) is 44.9 Å². The van der Waals surface area contributed by atoms with Gasteiger partial charge in [0.05, 0.1) is 39.9 Å². The van der Waals surface area contributed by atoms with Gasteiger partial charge >= 0.3 is 7.82 Å². The molecule has 0 spiro atoms. The monoisotopic (exact) mass is 1250 g/mol. The summed E-state index contributed by atoms with van der Waals surface area (Å²) >= 11 is 0. The standard InChI is InChI=1S/C78H155N2O6P/c1-6-8-10-12-14-16-18-20-22-24-26-28-30-32-34-36-38-40-42-44-46-48-50-52-54-56-58-60-62-64-66-68-70-72-78(82)79-76(75-86-87(83,84)85-74-73-80(3,4)5)77(81)71-69-67-65-63-61-59-57-55-53-51-49-47-45-43-41-39-37-35-33-31-29-27-25-23-21-19-17-15-13-11-9-7-2/h24,26,69,71,76-77,81H,6-23,25,27-68,70,72-75H2,1-5H3,(H-,79,82,83,84)/p+1/b26-24-,71-69+. The van der Waals surface area contributed by atoms with E-state index in [1.54, 1.807) is 6.08 Å². The van der Waals surface area contributed by atoms with Crippen LogP contribution in [-0.2, 0) is 18.4 Å². The number of hydrogen-bond donors (Lipinski definition) is 3. The predicted molar refractivity (Wildman–Crippen MR) is 383 cm³/mol. The van der Waals surface area contributed by atoms with Crippen molar-refractivity contribution in [2.24, 2.45) is 0 Å². The Morgan fingerprint density at radius 1 is 0.379 bits per heavy atom. The summed E-state index contributed by atoms with van der Waals surface area (Å²) in [6.45, 7) is 4.89. The highest BCUT2D eigenvalue weighted by Gasteiger charge is 2.28. The normalized spacial score (nSPS) is 13.6. The first-order valence-corrected chi connectivity index (χ1v) is 40.7. The van der Waals surface area contributed by atoms with E-state index in [4.69, 9.17) is 9.05 Å². The van der Waals surface area contributed by atoms with Crippen molar-refractivity contribution in [3.8, 4) is 0 Å². The van der Waals surface area contributed by atoms with Crippen molar-refractivity contribution in [2.75, 3.05) is 40.9 Å². The molecule has 0 saturated carbocycles. The molecule has 0 aromatic heterocycles. The quantitative estimate of drug-likeness (QED) is 0.0243. The first kappa shape index (κ1) is 86.0. The second kappa shape index (κ2) is 69.3. The molecule has 0 aliphatic carbocycles. The van der Waals surface area contributed by atoms with Gasteiger partial charge in [-0.3, -0.25) is 13.8 Å². The number of amides is 1. The number of unbranched alkanes of at least 4 members (excludes halogenated alkanes) is 59. The first-order valence-electron chi connectivity index (χ1n) is 39.2. The summed E-state index contributed by atoms with van der Waals surface area (Å²) in [4.78, 5) is 23.5. The molecule has 0 aliphatic heterocycles. The minimum atomic E-state index is -4.35. The van der Waals surface area contributed by atoms with Gasteiger partial charge in [-0.25, -0.2) is 4.57 Å². The molecule has 8 nitrogen and oxygen atoms in total. The fourth-order valence-corrected chi connectivity index (χ4v) is 13.1. The highest BCUT2D eigenvalue weighted by atomic mass is 31.2. The molecule has 0 rings (SSSR count). The lowest BCUT2D eigenvalue weighted by atomic mass is 10.0. The molecule has 0 aromatic rings. The van der Waals surface area contributed by atoms with Crippen molar-refractivity contribution in [1.82, 2.24) is 5.32 Å². The van der Waals surface area contributed by atoms with Crippen molar-refractivity contribution in [3.63, 3.8) is 0 Å². The minimum Gasteiger partial charge on any atom is -0.387 e. The van der Waals surface area contributed by atoms with Crippen LogP contribution in [0.5, 0.6) is 0 Å². The van der Waals surface area contributed by atoms with E-state index in [2.05, 4.69) is 31.3 Å². The van der Waals surface area contributed by atoms with Crippen LogP contribution in [0.4, 0.5) is 0 Å². The van der Waals surface area contributed by atoms with E-state index in [1.165, 1.54) is 366 Å². The number of rotatable bonds is 74. The minimum absolute atomic E-state index is 0.0647. The number of allylic oxidation sites excluding steroid dienone is 3. The molecule has 0 aromatic carbocycles. The topological polar surface area (TPSA) is 105 Å². The number of nitrogens with one attached hydrogen (secondary N) is 1. The van der Waals surface area contributed by atoms with Crippen LogP contribution in [0.15, 0.2) is 24.3 Å². The molecule has 3 unspecified atom stereocenters. The lowest BCUT2D eigenvalue weighted by Gasteiger charge is -2.25. The Morgan fingerprint density at radius 2 is 0.621 bits per heavy atom. The van der Waals surface area contributed by atoms with Crippen molar-refractivity contribution < 1.29 is 32.9 Å². The van der Waals surface area contributed by atoms with Gasteiger partial charge in [-0.2, -0.15) is 0 Å². The first-order chi connectivity index (χ1) is 42.5. The highest BCUT2D eigenvalue weighted by molar-refractivity contribution is 7.47. The Labute approximate surface area is 545 Å². The Bertz CT molecular complexity index is 1470. The third kappa shape index (κ3) is 72.3. The lowest BCUT2D eigenvalue weighted by molar-refractivity contribution is -0.870. The fraction of sp³-hybridized carbons (Fsp3) is 0.936. The molecule has 9 heteroatoms. The molecule has 3 N–H and O–H groups in total. The van der Waals surface area contributed by atoms with E-state index in [-0.39, 0.29) is 19.1 Å². The van der Waals surface area contributed by atoms with Crippen molar-refractivity contribution in [1.29, 1.82) is 0 Å². The van der Waals surface area contributed by atoms with Crippen LogP contribution < -0.4 is 5.32 Å². The molecule has 1 amide bonds. The molecule has 518 valence electrons. The summed E-state index contributed by atoms with van der Waals surface area (Å²) in [5, 5.41) is 14.1. The zero-order chi connectivity index (χ0) is 63.4. The van der Waals surface area contributed by atoms with Crippen LogP contribution >= 0.6 is 7.82 Å². The SMILES string of the molecule is CCCCCCCCCC/C=C\CCCCCCCCCCCCCCCCCCCCCCCC(=O)NC(COP(=O)(O)OCC[N+](C)(C)C)C(O)/C=C/CCCCCCCCCCCCCCCCCCCCCCCCCCCCCCCC. The maximum Gasteiger partial charge on any atom is 0.472 e. The number of hydrogen-bond acceptors (Lipinski definition) is 5. The summed E-state index contributed by atoms with van der Waals surface area (Å²) in [6.07, 6.45) is 92.2. The molecule has 3 atom stereocenters. The number of phosphoric acid groups is 1. The third-order valence-corrected chi connectivity index (χ3v) is 19.4. The molecule has 0 fully saturated rings. The average molecular weight is 1250 g/mol. The molecule has 87 heavy (non-hydrogen) atoms. The summed E-state index contributed by atoms with van der Waals surface area (Å²) in [7, 11) is 1.60. The van der Waals surface area contributed by atoms with E-state index in [0.29, 0.717) is 17.4 Å². The summed E-state index contributed by atoms with van der Waals surface area (Å²) < 4.78 is 23.9. The third-order valence-electron chi connectivity index (χ3n) is 18.4. The summed E-state index contributed by atoms with van der Waals surface area (Å²) in [5.74, 6) is -0.167. The molecule has 0 heterocycles. The number of carbonyl (C=O) groups excluding carboxylic acids is 1.